The summed E-state index contributed by atoms with van der Waals surface area (Å²) in [5.41, 5.74) is 6.94. The van der Waals surface area contributed by atoms with Gasteiger partial charge < -0.3 is 15.9 Å². The zero-order valence-corrected chi connectivity index (χ0v) is 10.9. The Morgan fingerprint density at radius 1 is 1.42 bits per heavy atom. The van der Waals surface area contributed by atoms with Crippen LogP contribution in [-0.2, 0) is 6.54 Å². The summed E-state index contributed by atoms with van der Waals surface area (Å²) in [5, 5.41) is 18.6. The molecule has 1 aromatic carbocycles. The molecule has 5 heteroatoms. The van der Waals surface area contributed by atoms with Crippen LogP contribution >= 0.6 is 0 Å². The largest absolute Gasteiger partial charge is 0.478 e. The number of aliphatic hydroxyl groups is 1. The third kappa shape index (κ3) is 3.05. The van der Waals surface area contributed by atoms with Gasteiger partial charge in [-0.25, -0.2) is 4.79 Å². The predicted octanol–water partition coefficient (Wildman–Crippen LogP) is 1.31. The van der Waals surface area contributed by atoms with Gasteiger partial charge >= 0.3 is 5.97 Å². The molecule has 104 valence electrons. The lowest BCUT2D eigenvalue weighted by Crippen LogP contribution is -2.41. The molecule has 0 aromatic heterocycles. The van der Waals surface area contributed by atoms with Crippen LogP contribution in [0.25, 0.3) is 0 Å². The first kappa shape index (κ1) is 13.8. The highest BCUT2D eigenvalue weighted by Crippen LogP contribution is 2.23. The first-order valence-electron chi connectivity index (χ1n) is 6.59. The van der Waals surface area contributed by atoms with Gasteiger partial charge in [0.25, 0.3) is 0 Å². The fourth-order valence-electron chi connectivity index (χ4n) is 2.71. The fraction of sp³-hybridized carbons (Fsp3) is 0.500. The Balaban J connectivity index is 2.22. The topological polar surface area (TPSA) is 86.8 Å². The van der Waals surface area contributed by atoms with Gasteiger partial charge in [-0.2, -0.15) is 0 Å². The molecule has 0 amide bonds. The SMILES string of the molecule is Nc1cccc(CN2CCCCC2CO)c1C(=O)O. The van der Waals surface area contributed by atoms with Crippen molar-refractivity contribution in [2.45, 2.75) is 31.8 Å². The molecule has 1 saturated heterocycles. The highest BCUT2D eigenvalue weighted by molar-refractivity contribution is 5.95. The number of nitrogens with zero attached hydrogens (tertiary/aromatic N) is 1. The minimum atomic E-state index is -0.995. The molecular weight excluding hydrogens is 244 g/mol. The van der Waals surface area contributed by atoms with Crippen LogP contribution in [0.15, 0.2) is 18.2 Å². The Hall–Kier alpha value is -1.59. The van der Waals surface area contributed by atoms with Crippen molar-refractivity contribution in [1.82, 2.24) is 4.90 Å². The van der Waals surface area contributed by atoms with Crippen molar-refractivity contribution < 1.29 is 15.0 Å². The lowest BCUT2D eigenvalue weighted by atomic mass is 9.99. The summed E-state index contributed by atoms with van der Waals surface area (Å²) in [4.78, 5) is 13.4. The van der Waals surface area contributed by atoms with Crippen LogP contribution in [0.3, 0.4) is 0 Å². The Labute approximate surface area is 112 Å². The van der Waals surface area contributed by atoms with Crippen LogP contribution in [0.4, 0.5) is 5.69 Å². The molecule has 1 aromatic rings. The summed E-state index contributed by atoms with van der Waals surface area (Å²) < 4.78 is 0. The molecule has 19 heavy (non-hydrogen) atoms. The van der Waals surface area contributed by atoms with Crippen LogP contribution in [-0.4, -0.2) is 40.3 Å². The molecule has 1 heterocycles. The number of hydrogen-bond acceptors (Lipinski definition) is 4. The van der Waals surface area contributed by atoms with Gasteiger partial charge in [0.15, 0.2) is 0 Å². The van der Waals surface area contributed by atoms with Crippen LogP contribution in [0.1, 0.15) is 35.2 Å². The molecule has 0 aliphatic carbocycles. The first-order valence-corrected chi connectivity index (χ1v) is 6.59. The van der Waals surface area contributed by atoms with Crippen molar-refractivity contribution in [2.24, 2.45) is 0 Å². The fourth-order valence-corrected chi connectivity index (χ4v) is 2.71. The summed E-state index contributed by atoms with van der Waals surface area (Å²) in [6.45, 7) is 1.53. The molecule has 1 aliphatic rings. The van der Waals surface area contributed by atoms with E-state index >= 15 is 0 Å². The Morgan fingerprint density at radius 2 is 2.21 bits per heavy atom. The maximum absolute atomic E-state index is 11.3. The van der Waals surface area contributed by atoms with Crippen LogP contribution in [0, 0.1) is 0 Å². The van der Waals surface area contributed by atoms with Crippen LogP contribution in [0.5, 0.6) is 0 Å². The molecule has 2 rings (SSSR count). The third-order valence-corrected chi connectivity index (χ3v) is 3.73. The number of likely N-dealkylation sites (tertiary alicyclic amines) is 1. The summed E-state index contributed by atoms with van der Waals surface area (Å²) in [7, 11) is 0. The molecule has 0 spiro atoms. The number of benzene rings is 1. The number of anilines is 1. The van der Waals surface area contributed by atoms with E-state index < -0.39 is 5.97 Å². The smallest absolute Gasteiger partial charge is 0.338 e. The highest BCUT2D eigenvalue weighted by atomic mass is 16.4. The second-order valence-electron chi connectivity index (χ2n) is 4.99. The molecule has 4 N–H and O–H groups in total. The normalized spacial score (nSPS) is 20.4. The van der Waals surface area contributed by atoms with Crippen LogP contribution in [0.2, 0.25) is 0 Å². The third-order valence-electron chi connectivity index (χ3n) is 3.73. The van der Waals surface area contributed by atoms with Gasteiger partial charge in [0.2, 0.25) is 0 Å². The van der Waals surface area contributed by atoms with Gasteiger partial charge in [-0.15, -0.1) is 0 Å². The average Bonchev–Trinajstić information content (AvgIpc) is 2.39. The van der Waals surface area contributed by atoms with Gasteiger partial charge in [-0.1, -0.05) is 18.6 Å². The van der Waals surface area contributed by atoms with Gasteiger partial charge in [0, 0.05) is 18.3 Å². The van der Waals surface area contributed by atoms with Gasteiger partial charge in [0.05, 0.1) is 12.2 Å². The summed E-state index contributed by atoms with van der Waals surface area (Å²) >= 11 is 0. The van der Waals surface area contributed by atoms with Crippen LogP contribution < -0.4 is 5.73 Å². The van der Waals surface area contributed by atoms with E-state index in [1.807, 2.05) is 0 Å². The van der Waals surface area contributed by atoms with E-state index in [2.05, 4.69) is 4.90 Å². The minimum absolute atomic E-state index is 0.116. The average molecular weight is 264 g/mol. The molecule has 5 nitrogen and oxygen atoms in total. The highest BCUT2D eigenvalue weighted by Gasteiger charge is 2.23. The molecule has 0 saturated carbocycles. The zero-order valence-electron chi connectivity index (χ0n) is 10.9. The van der Waals surface area contributed by atoms with E-state index in [1.54, 1.807) is 18.2 Å². The molecule has 1 fully saturated rings. The number of carboxylic acids is 1. The second kappa shape index (κ2) is 6.04. The first-order chi connectivity index (χ1) is 9.13. The molecule has 0 radical (unpaired) electrons. The van der Waals surface area contributed by atoms with Gasteiger partial charge in [0.1, 0.15) is 0 Å². The number of piperidine rings is 1. The van der Waals surface area contributed by atoms with E-state index in [-0.39, 0.29) is 18.2 Å². The quantitative estimate of drug-likeness (QED) is 0.714. The van der Waals surface area contributed by atoms with E-state index in [0.29, 0.717) is 17.8 Å². The van der Waals surface area contributed by atoms with E-state index in [9.17, 15) is 15.0 Å². The zero-order chi connectivity index (χ0) is 13.8. The van der Waals surface area contributed by atoms with Crippen molar-refractivity contribution in [3.8, 4) is 0 Å². The van der Waals surface area contributed by atoms with Crippen molar-refractivity contribution >= 4 is 11.7 Å². The maximum Gasteiger partial charge on any atom is 0.338 e. The number of hydrogen-bond donors (Lipinski definition) is 3. The summed E-state index contributed by atoms with van der Waals surface area (Å²) in [6, 6.07) is 5.29. The minimum Gasteiger partial charge on any atom is -0.478 e. The predicted molar refractivity (Wildman–Crippen MR) is 72.9 cm³/mol. The number of nitrogens with two attached hydrogens (primary N) is 1. The molecule has 0 bridgehead atoms. The lowest BCUT2D eigenvalue weighted by Gasteiger charge is -2.34. The Morgan fingerprint density at radius 3 is 2.89 bits per heavy atom. The summed E-state index contributed by atoms with van der Waals surface area (Å²) in [6.07, 6.45) is 3.16. The van der Waals surface area contributed by atoms with Gasteiger partial charge in [-0.05, 0) is 31.0 Å². The van der Waals surface area contributed by atoms with Crippen molar-refractivity contribution in [1.29, 1.82) is 0 Å². The molecule has 1 unspecified atom stereocenters. The van der Waals surface area contributed by atoms with E-state index in [0.717, 1.165) is 25.8 Å². The maximum atomic E-state index is 11.3. The van der Waals surface area contributed by atoms with E-state index in [4.69, 9.17) is 5.73 Å². The van der Waals surface area contributed by atoms with Crippen molar-refractivity contribution in [3.05, 3.63) is 29.3 Å². The molecular formula is C14H20N2O3. The standard InChI is InChI=1S/C14H20N2O3/c15-12-6-3-4-10(13(12)14(18)19)8-16-7-2-1-5-11(16)9-17/h3-4,6,11,17H,1-2,5,7-9,15H2,(H,18,19). The number of rotatable bonds is 4. The van der Waals surface area contributed by atoms with E-state index in [1.165, 1.54) is 0 Å². The number of nitrogen functional groups attached to an aromatic ring is 1. The Kier molecular flexibility index (Phi) is 4.39. The van der Waals surface area contributed by atoms with Crippen molar-refractivity contribution in [2.75, 3.05) is 18.9 Å². The number of aliphatic hydroxyl groups excluding tert-OH is 1. The van der Waals surface area contributed by atoms with Crippen molar-refractivity contribution in [3.63, 3.8) is 0 Å². The summed E-state index contributed by atoms with van der Waals surface area (Å²) in [5.74, 6) is -0.995. The lowest BCUT2D eigenvalue weighted by molar-refractivity contribution is 0.0686. The Bertz CT molecular complexity index is 462. The monoisotopic (exact) mass is 264 g/mol. The second-order valence-corrected chi connectivity index (χ2v) is 4.99. The molecule has 1 atom stereocenters. The number of carbonyl (C=O) groups is 1. The number of aromatic carboxylic acids is 1. The molecule has 1 aliphatic heterocycles. The van der Waals surface area contributed by atoms with Gasteiger partial charge in [-0.3, -0.25) is 4.90 Å². The number of carboxylic acid groups (broad SMARTS) is 1.